The van der Waals surface area contributed by atoms with Crippen LogP contribution in [0.5, 0.6) is 0 Å². The Morgan fingerprint density at radius 1 is 1.48 bits per heavy atom. The van der Waals surface area contributed by atoms with E-state index in [0.717, 1.165) is 3.79 Å². The molecule has 9 heteroatoms. The first-order chi connectivity index (χ1) is 9.30. The monoisotopic (exact) mass is 509 g/mol. The van der Waals surface area contributed by atoms with Gasteiger partial charge in [-0.05, 0) is 41.4 Å². The van der Waals surface area contributed by atoms with E-state index in [2.05, 4.69) is 31.6 Å². The fourth-order valence-electron chi connectivity index (χ4n) is 1.51. The van der Waals surface area contributed by atoms with Crippen molar-refractivity contribution in [1.29, 1.82) is 0 Å². The number of halogens is 2. The Morgan fingerprint density at radius 3 is 2.62 bits per heavy atom. The van der Waals surface area contributed by atoms with Crippen LogP contribution in [0.25, 0.3) is 0 Å². The summed E-state index contributed by atoms with van der Waals surface area (Å²) < 4.78 is 23.4. The minimum absolute atomic E-state index is 0. The van der Waals surface area contributed by atoms with Crippen molar-refractivity contribution >= 4 is 67.0 Å². The second-order valence-corrected chi connectivity index (χ2v) is 9.40. The summed E-state index contributed by atoms with van der Waals surface area (Å²) in [5.74, 6) is 0.853. The average molecular weight is 510 g/mol. The molecule has 0 fully saturated rings. The van der Waals surface area contributed by atoms with Gasteiger partial charge in [0.1, 0.15) is 9.84 Å². The lowest BCUT2D eigenvalue weighted by molar-refractivity contribution is 0.581. The van der Waals surface area contributed by atoms with Gasteiger partial charge in [0.25, 0.3) is 0 Å². The highest BCUT2D eigenvalue weighted by molar-refractivity contribution is 14.0. The van der Waals surface area contributed by atoms with Crippen molar-refractivity contribution in [1.82, 2.24) is 10.6 Å². The number of nitrogens with one attached hydrogen (secondary N) is 2. The second-order valence-electron chi connectivity index (χ2n) is 4.60. The van der Waals surface area contributed by atoms with Crippen molar-refractivity contribution in [2.75, 3.05) is 19.1 Å². The Kier molecular flexibility index (Phi) is 10.1. The van der Waals surface area contributed by atoms with Gasteiger partial charge in [-0.1, -0.05) is 0 Å². The lowest BCUT2D eigenvalue weighted by Crippen LogP contribution is -2.42. The normalized spacial score (nSPS) is 13.4. The molecule has 0 bridgehead atoms. The van der Waals surface area contributed by atoms with Gasteiger partial charge in [0.15, 0.2) is 5.96 Å². The van der Waals surface area contributed by atoms with E-state index in [0.29, 0.717) is 18.9 Å². The molecule has 0 aromatic carbocycles. The number of guanidine groups is 1. The molecule has 1 aromatic rings. The highest BCUT2D eigenvalue weighted by Gasteiger charge is 2.09. The van der Waals surface area contributed by atoms with E-state index in [-0.39, 0.29) is 35.8 Å². The summed E-state index contributed by atoms with van der Waals surface area (Å²) in [5.41, 5.74) is 0. The van der Waals surface area contributed by atoms with E-state index in [1.807, 2.05) is 19.1 Å². The van der Waals surface area contributed by atoms with Crippen molar-refractivity contribution < 1.29 is 8.42 Å². The Morgan fingerprint density at radius 2 is 2.14 bits per heavy atom. The van der Waals surface area contributed by atoms with Crippen LogP contribution in [0.4, 0.5) is 0 Å². The first kappa shape index (κ1) is 21.1. The quantitative estimate of drug-likeness (QED) is 0.351. The van der Waals surface area contributed by atoms with E-state index >= 15 is 0 Å². The third-order valence-electron chi connectivity index (χ3n) is 2.59. The molecule has 1 atom stereocenters. The van der Waals surface area contributed by atoms with Crippen LogP contribution in [0.1, 0.15) is 18.2 Å². The number of hydrogen-bond acceptors (Lipinski definition) is 4. The van der Waals surface area contributed by atoms with E-state index < -0.39 is 9.84 Å². The Balaban J connectivity index is 0.00000400. The molecule has 0 aliphatic carbocycles. The molecule has 0 amide bonds. The fourth-order valence-corrected chi connectivity index (χ4v) is 3.71. The van der Waals surface area contributed by atoms with Gasteiger partial charge in [-0.25, -0.2) is 8.42 Å². The Labute approximate surface area is 156 Å². The molecule has 1 rings (SSSR count). The minimum atomic E-state index is -2.92. The summed E-state index contributed by atoms with van der Waals surface area (Å²) in [7, 11) is -1.22. The molecule has 122 valence electrons. The molecule has 0 aliphatic rings. The predicted octanol–water partition coefficient (Wildman–Crippen LogP) is 2.62. The zero-order chi connectivity index (χ0) is 15.2. The molecule has 0 aliphatic heterocycles. The maximum absolute atomic E-state index is 11.1. The first-order valence-electron chi connectivity index (χ1n) is 6.19. The Bertz CT molecular complexity index is 561. The molecule has 1 heterocycles. The topological polar surface area (TPSA) is 70.6 Å². The molecule has 0 saturated carbocycles. The highest BCUT2D eigenvalue weighted by Crippen LogP contribution is 2.21. The molecular weight excluding hydrogens is 489 g/mol. The molecule has 2 N–H and O–H groups in total. The van der Waals surface area contributed by atoms with Crippen molar-refractivity contribution in [3.8, 4) is 0 Å². The van der Waals surface area contributed by atoms with Crippen molar-refractivity contribution in [3.63, 3.8) is 0 Å². The number of thiophene rings is 1. The molecule has 1 unspecified atom stereocenters. The SMILES string of the molecule is CN=C(NCc1ccc(Br)s1)NC(C)CCS(C)(=O)=O.I. The van der Waals surface area contributed by atoms with Gasteiger partial charge in [0.05, 0.1) is 16.1 Å². The molecule has 0 spiro atoms. The number of sulfone groups is 1. The number of nitrogens with zero attached hydrogens (tertiary/aromatic N) is 1. The van der Waals surface area contributed by atoms with E-state index in [9.17, 15) is 8.42 Å². The van der Waals surface area contributed by atoms with Crippen LogP contribution in [0.3, 0.4) is 0 Å². The van der Waals surface area contributed by atoms with Gasteiger partial charge in [0, 0.05) is 24.2 Å². The van der Waals surface area contributed by atoms with Crippen LogP contribution < -0.4 is 10.6 Å². The minimum Gasteiger partial charge on any atom is -0.354 e. The van der Waals surface area contributed by atoms with Crippen LogP contribution in [0, 0.1) is 0 Å². The van der Waals surface area contributed by atoms with E-state index in [1.165, 1.54) is 11.1 Å². The summed E-state index contributed by atoms with van der Waals surface area (Å²) in [6, 6.07) is 4.10. The summed E-state index contributed by atoms with van der Waals surface area (Å²) in [6.07, 6.45) is 1.81. The predicted molar refractivity (Wildman–Crippen MR) is 105 cm³/mol. The third kappa shape index (κ3) is 9.69. The van der Waals surface area contributed by atoms with Gasteiger partial charge in [-0.15, -0.1) is 35.3 Å². The zero-order valence-corrected chi connectivity index (χ0v) is 17.8. The smallest absolute Gasteiger partial charge is 0.191 e. The zero-order valence-electron chi connectivity index (χ0n) is 12.2. The molecule has 0 saturated heterocycles. The average Bonchev–Trinajstić information content (AvgIpc) is 2.77. The summed E-state index contributed by atoms with van der Waals surface area (Å²) >= 11 is 5.09. The number of hydrogen-bond donors (Lipinski definition) is 2. The van der Waals surface area contributed by atoms with Gasteiger partial charge >= 0.3 is 0 Å². The highest BCUT2D eigenvalue weighted by atomic mass is 127. The van der Waals surface area contributed by atoms with Gasteiger partial charge < -0.3 is 10.6 Å². The maximum atomic E-state index is 11.1. The van der Waals surface area contributed by atoms with Crippen molar-refractivity contribution in [2.24, 2.45) is 4.99 Å². The van der Waals surface area contributed by atoms with Crippen LogP contribution in [0.2, 0.25) is 0 Å². The van der Waals surface area contributed by atoms with Crippen LogP contribution in [0.15, 0.2) is 20.9 Å². The van der Waals surface area contributed by atoms with Crippen molar-refractivity contribution in [2.45, 2.75) is 25.9 Å². The Hall–Kier alpha value is 0.130. The standard InChI is InChI=1S/C12H20BrN3O2S2.HI/c1-9(6-7-20(3,17)18)16-12(14-2)15-8-10-4-5-11(13)19-10;/h4-5,9H,6-8H2,1-3H3,(H2,14,15,16);1H. The van der Waals surface area contributed by atoms with Crippen molar-refractivity contribution in [3.05, 3.63) is 20.8 Å². The third-order valence-corrected chi connectivity index (χ3v) is 5.19. The van der Waals surface area contributed by atoms with Gasteiger partial charge in [-0.2, -0.15) is 0 Å². The molecule has 5 nitrogen and oxygen atoms in total. The maximum Gasteiger partial charge on any atom is 0.191 e. The fraction of sp³-hybridized carbons (Fsp3) is 0.583. The van der Waals surface area contributed by atoms with Crippen LogP contribution >= 0.6 is 51.2 Å². The second kappa shape index (κ2) is 10.0. The number of rotatable bonds is 6. The summed E-state index contributed by atoms with van der Waals surface area (Å²) in [4.78, 5) is 5.33. The van der Waals surface area contributed by atoms with Crippen LogP contribution in [-0.4, -0.2) is 39.5 Å². The lowest BCUT2D eigenvalue weighted by atomic mass is 10.3. The molecular formula is C12H21BrIN3O2S2. The van der Waals surface area contributed by atoms with Crippen LogP contribution in [-0.2, 0) is 16.4 Å². The lowest BCUT2D eigenvalue weighted by Gasteiger charge is -2.17. The van der Waals surface area contributed by atoms with Gasteiger partial charge in [-0.3, -0.25) is 4.99 Å². The summed E-state index contributed by atoms with van der Waals surface area (Å²) in [5, 5.41) is 6.39. The molecule has 21 heavy (non-hydrogen) atoms. The van der Waals surface area contributed by atoms with Gasteiger partial charge in [0.2, 0.25) is 0 Å². The largest absolute Gasteiger partial charge is 0.354 e. The first-order valence-corrected chi connectivity index (χ1v) is 9.86. The van der Waals surface area contributed by atoms with E-state index in [4.69, 9.17) is 0 Å². The number of aliphatic imine (C=N–C) groups is 1. The molecule has 1 aromatic heterocycles. The summed E-state index contributed by atoms with van der Waals surface area (Å²) in [6.45, 7) is 2.63. The molecule has 0 radical (unpaired) electrons. The van der Waals surface area contributed by atoms with E-state index in [1.54, 1.807) is 18.4 Å².